The van der Waals surface area contributed by atoms with Crippen molar-refractivity contribution in [1.82, 2.24) is 0 Å². The summed E-state index contributed by atoms with van der Waals surface area (Å²) < 4.78 is 16.0. The Kier molecular flexibility index (Phi) is 3.51. The van der Waals surface area contributed by atoms with Crippen molar-refractivity contribution >= 4 is 27.9 Å². The molecule has 1 aromatic carbocycles. The van der Waals surface area contributed by atoms with Crippen LogP contribution in [0.4, 0.5) is 2.89 Å². The van der Waals surface area contributed by atoms with E-state index in [0.29, 0.717) is 5.56 Å². The zero-order valence-corrected chi connectivity index (χ0v) is 8.74. The molecule has 4 heteroatoms. The second-order valence-corrected chi connectivity index (χ2v) is 3.14. The normalized spacial score (nSPS) is 9.50. The van der Waals surface area contributed by atoms with Crippen LogP contribution in [-0.4, -0.2) is 27.9 Å². The van der Waals surface area contributed by atoms with Gasteiger partial charge in [-0.2, -0.15) is 0 Å². The molecule has 0 fully saturated rings. The molecule has 0 heterocycles. The molecule has 0 aromatic heterocycles. The van der Waals surface area contributed by atoms with Crippen molar-refractivity contribution in [3.63, 3.8) is 0 Å². The van der Waals surface area contributed by atoms with Gasteiger partial charge in [-0.1, -0.05) is 0 Å². The molecule has 0 bridgehead atoms. The number of aryl methyl sites for hydroxylation is 1. The summed E-state index contributed by atoms with van der Waals surface area (Å²) in [6.45, 7) is 1.92. The maximum absolute atomic E-state index is 11.7. The summed E-state index contributed by atoms with van der Waals surface area (Å²) in [7, 11) is 0. The van der Waals surface area contributed by atoms with Gasteiger partial charge in [0.05, 0.1) is 0 Å². The van der Waals surface area contributed by atoms with Crippen molar-refractivity contribution in [2.75, 3.05) is 0 Å². The topological polar surface area (TPSA) is 26.3 Å². The van der Waals surface area contributed by atoms with Crippen LogP contribution in [-0.2, 0) is 3.10 Å². The standard InChI is InChI=1S/C8H7FO2Te/c1-6-2-4-7(5-3-6)8(10)11-12-9/h2-5H,1H3. The van der Waals surface area contributed by atoms with Gasteiger partial charge in [0.25, 0.3) is 0 Å². The van der Waals surface area contributed by atoms with E-state index in [1.54, 1.807) is 24.3 Å². The summed E-state index contributed by atoms with van der Waals surface area (Å²) in [6, 6.07) is 6.82. The Labute approximate surface area is 81.1 Å². The van der Waals surface area contributed by atoms with E-state index in [-0.39, 0.29) is 0 Å². The second-order valence-electron chi connectivity index (χ2n) is 2.30. The molecule has 2 nitrogen and oxygen atoms in total. The number of carbonyl (C=O) groups is 1. The third kappa shape index (κ3) is 2.47. The molecule has 0 aliphatic heterocycles. The van der Waals surface area contributed by atoms with Gasteiger partial charge in [0.1, 0.15) is 0 Å². The summed E-state index contributed by atoms with van der Waals surface area (Å²) >= 11 is -2.07. The van der Waals surface area contributed by atoms with Gasteiger partial charge in [0, 0.05) is 0 Å². The van der Waals surface area contributed by atoms with Crippen LogP contribution in [0.1, 0.15) is 15.9 Å². The van der Waals surface area contributed by atoms with Crippen LogP contribution in [0.15, 0.2) is 24.3 Å². The first-order valence-corrected chi connectivity index (χ1v) is 5.13. The van der Waals surface area contributed by atoms with Crippen molar-refractivity contribution in [3.05, 3.63) is 35.4 Å². The summed E-state index contributed by atoms with van der Waals surface area (Å²) in [6.07, 6.45) is 0. The molecule has 0 atom stereocenters. The van der Waals surface area contributed by atoms with E-state index < -0.39 is 27.9 Å². The first-order valence-electron chi connectivity index (χ1n) is 3.30. The Balaban J connectivity index is 2.75. The first kappa shape index (κ1) is 9.50. The minimum absolute atomic E-state index is 0.406. The van der Waals surface area contributed by atoms with Crippen molar-refractivity contribution in [3.8, 4) is 0 Å². The van der Waals surface area contributed by atoms with Crippen LogP contribution >= 0.6 is 0 Å². The van der Waals surface area contributed by atoms with Crippen molar-refractivity contribution in [1.29, 1.82) is 0 Å². The molecule has 0 unspecified atom stereocenters. The molecule has 12 heavy (non-hydrogen) atoms. The predicted molar refractivity (Wildman–Crippen MR) is 43.5 cm³/mol. The number of halogens is 1. The Morgan fingerprint density at radius 1 is 1.42 bits per heavy atom. The molecule has 0 spiro atoms. The fourth-order valence-corrected chi connectivity index (χ4v) is 1.20. The molecule has 0 N–H and O–H groups in total. The van der Waals surface area contributed by atoms with Crippen molar-refractivity contribution in [2.45, 2.75) is 6.92 Å². The van der Waals surface area contributed by atoms with Gasteiger partial charge in [-0.05, 0) is 0 Å². The first-order chi connectivity index (χ1) is 5.74. The van der Waals surface area contributed by atoms with E-state index in [4.69, 9.17) is 0 Å². The van der Waals surface area contributed by atoms with Gasteiger partial charge in [0.15, 0.2) is 0 Å². The quantitative estimate of drug-likeness (QED) is 0.771. The summed E-state index contributed by atoms with van der Waals surface area (Å²) in [5.74, 6) is -0.570. The fourth-order valence-electron chi connectivity index (χ4n) is 0.766. The molecule has 0 aliphatic carbocycles. The molecule has 1 aromatic rings. The molecule has 1 rings (SSSR count). The molecule has 64 valence electrons. The maximum atomic E-state index is 11.7. The van der Waals surface area contributed by atoms with Gasteiger partial charge < -0.3 is 0 Å². The van der Waals surface area contributed by atoms with Crippen LogP contribution in [0.3, 0.4) is 0 Å². The SMILES string of the molecule is Cc1ccc(C(=O)O[Te]F)cc1. The number of rotatable bonds is 2. The monoisotopic (exact) mass is 284 g/mol. The number of hydrogen-bond acceptors (Lipinski definition) is 2. The average molecular weight is 282 g/mol. The van der Waals surface area contributed by atoms with Gasteiger partial charge >= 0.3 is 81.0 Å². The van der Waals surface area contributed by atoms with Crippen molar-refractivity contribution in [2.24, 2.45) is 0 Å². The Morgan fingerprint density at radius 2 is 2.00 bits per heavy atom. The summed E-state index contributed by atoms with van der Waals surface area (Å²) in [5, 5.41) is 0. The minimum atomic E-state index is -2.07. The third-order valence-electron chi connectivity index (χ3n) is 1.39. The van der Waals surface area contributed by atoms with Crippen LogP contribution in [0, 0.1) is 6.92 Å². The van der Waals surface area contributed by atoms with E-state index in [0.717, 1.165) is 5.56 Å². The summed E-state index contributed by atoms with van der Waals surface area (Å²) in [5.41, 5.74) is 1.46. The molecule has 0 radical (unpaired) electrons. The van der Waals surface area contributed by atoms with Crippen LogP contribution in [0.2, 0.25) is 0 Å². The van der Waals surface area contributed by atoms with E-state index in [9.17, 15) is 7.69 Å². The van der Waals surface area contributed by atoms with Gasteiger partial charge in [-0.15, -0.1) is 0 Å². The Bertz CT molecular complexity index is 271. The van der Waals surface area contributed by atoms with Gasteiger partial charge in [-0.25, -0.2) is 0 Å². The van der Waals surface area contributed by atoms with E-state index in [2.05, 4.69) is 3.10 Å². The summed E-state index contributed by atoms with van der Waals surface area (Å²) in [4.78, 5) is 10.9. The van der Waals surface area contributed by atoms with E-state index >= 15 is 0 Å². The second kappa shape index (κ2) is 4.44. The number of benzene rings is 1. The third-order valence-corrected chi connectivity index (χ3v) is 2.01. The van der Waals surface area contributed by atoms with E-state index in [1.165, 1.54) is 0 Å². The van der Waals surface area contributed by atoms with Crippen LogP contribution < -0.4 is 0 Å². The predicted octanol–water partition coefficient (Wildman–Crippen LogP) is 1.66. The molecule has 0 aliphatic rings. The van der Waals surface area contributed by atoms with Gasteiger partial charge in [-0.3, -0.25) is 0 Å². The molecule has 0 amide bonds. The fraction of sp³-hybridized carbons (Fsp3) is 0.125. The van der Waals surface area contributed by atoms with Crippen LogP contribution in [0.25, 0.3) is 0 Å². The molecular formula is C8H7FO2Te. The molecule has 0 saturated heterocycles. The zero-order valence-electron chi connectivity index (χ0n) is 6.41. The van der Waals surface area contributed by atoms with Crippen molar-refractivity contribution < 1.29 is 10.8 Å². The van der Waals surface area contributed by atoms with Crippen LogP contribution in [0.5, 0.6) is 0 Å². The number of hydrogen-bond donors (Lipinski definition) is 0. The zero-order chi connectivity index (χ0) is 8.97. The Morgan fingerprint density at radius 3 is 2.50 bits per heavy atom. The van der Waals surface area contributed by atoms with E-state index in [1.807, 2.05) is 6.92 Å². The van der Waals surface area contributed by atoms with Gasteiger partial charge in [0.2, 0.25) is 0 Å². The molecule has 0 saturated carbocycles. The average Bonchev–Trinajstić information content (AvgIpc) is 2.06. The molecular weight excluding hydrogens is 275 g/mol. The number of carbonyl (C=O) groups excluding carboxylic acids is 1. The Hall–Kier alpha value is -0.590.